The Bertz CT molecular complexity index is 444. The second-order valence-corrected chi connectivity index (χ2v) is 2.96. The standard InChI is InChI=1S/C12H11N/c1-2-5-12-8-10-6-3-4-7-11(10)9-13-12/h2-9H,1H3. The van der Waals surface area contributed by atoms with Crippen LogP contribution in [0.4, 0.5) is 0 Å². The van der Waals surface area contributed by atoms with Gasteiger partial charge in [0.2, 0.25) is 0 Å². The van der Waals surface area contributed by atoms with Crippen LogP contribution < -0.4 is 0 Å². The van der Waals surface area contributed by atoms with Crippen molar-refractivity contribution in [2.24, 2.45) is 0 Å². The van der Waals surface area contributed by atoms with Crippen LogP contribution in [0.1, 0.15) is 12.6 Å². The van der Waals surface area contributed by atoms with Gasteiger partial charge in [-0.25, -0.2) is 0 Å². The van der Waals surface area contributed by atoms with Crippen molar-refractivity contribution in [1.82, 2.24) is 4.98 Å². The highest BCUT2D eigenvalue weighted by molar-refractivity contribution is 5.82. The SMILES string of the molecule is CC=Cc1cc2ccccc2cn1. The quantitative estimate of drug-likeness (QED) is 0.638. The molecule has 2 aromatic rings. The summed E-state index contributed by atoms with van der Waals surface area (Å²) in [4.78, 5) is 4.31. The zero-order valence-electron chi connectivity index (χ0n) is 7.57. The monoisotopic (exact) mass is 169 g/mol. The van der Waals surface area contributed by atoms with Crippen LogP contribution in [0.5, 0.6) is 0 Å². The average molecular weight is 169 g/mol. The van der Waals surface area contributed by atoms with Gasteiger partial charge < -0.3 is 0 Å². The Morgan fingerprint density at radius 3 is 2.69 bits per heavy atom. The molecule has 13 heavy (non-hydrogen) atoms. The minimum absolute atomic E-state index is 1.02. The fraction of sp³-hybridized carbons (Fsp3) is 0.0833. The summed E-state index contributed by atoms with van der Waals surface area (Å²) in [6.45, 7) is 2.00. The molecule has 0 atom stereocenters. The summed E-state index contributed by atoms with van der Waals surface area (Å²) in [5, 5.41) is 2.43. The number of benzene rings is 1. The molecule has 0 N–H and O–H groups in total. The predicted octanol–water partition coefficient (Wildman–Crippen LogP) is 3.27. The topological polar surface area (TPSA) is 12.9 Å². The van der Waals surface area contributed by atoms with Crippen LogP contribution in [-0.4, -0.2) is 4.98 Å². The van der Waals surface area contributed by atoms with E-state index in [0.717, 1.165) is 5.69 Å². The van der Waals surface area contributed by atoms with Gasteiger partial charge in [0, 0.05) is 11.6 Å². The van der Waals surface area contributed by atoms with E-state index in [0.29, 0.717) is 0 Å². The largest absolute Gasteiger partial charge is 0.256 e. The van der Waals surface area contributed by atoms with Crippen molar-refractivity contribution in [3.63, 3.8) is 0 Å². The lowest BCUT2D eigenvalue weighted by Gasteiger charge is -1.97. The van der Waals surface area contributed by atoms with Gasteiger partial charge in [-0.15, -0.1) is 0 Å². The van der Waals surface area contributed by atoms with E-state index in [1.54, 1.807) is 0 Å². The number of hydrogen-bond donors (Lipinski definition) is 0. The van der Waals surface area contributed by atoms with Crippen LogP contribution in [0.3, 0.4) is 0 Å². The summed E-state index contributed by atoms with van der Waals surface area (Å²) in [5.74, 6) is 0. The van der Waals surface area contributed by atoms with E-state index in [1.165, 1.54) is 10.8 Å². The summed E-state index contributed by atoms with van der Waals surface area (Å²) in [6.07, 6.45) is 5.91. The van der Waals surface area contributed by atoms with Gasteiger partial charge in [-0.1, -0.05) is 30.3 Å². The minimum atomic E-state index is 1.02. The molecule has 1 aromatic carbocycles. The lowest BCUT2D eigenvalue weighted by atomic mass is 10.1. The Morgan fingerprint density at radius 1 is 1.15 bits per heavy atom. The van der Waals surface area contributed by atoms with Crippen molar-refractivity contribution >= 4 is 16.8 Å². The van der Waals surface area contributed by atoms with Gasteiger partial charge in [0.25, 0.3) is 0 Å². The second-order valence-electron chi connectivity index (χ2n) is 2.96. The number of hydrogen-bond acceptors (Lipinski definition) is 1. The fourth-order valence-electron chi connectivity index (χ4n) is 1.36. The highest BCUT2D eigenvalue weighted by atomic mass is 14.7. The Labute approximate surface area is 77.7 Å². The maximum Gasteiger partial charge on any atom is 0.0632 e. The van der Waals surface area contributed by atoms with E-state index in [9.17, 15) is 0 Å². The van der Waals surface area contributed by atoms with Crippen LogP contribution in [-0.2, 0) is 0 Å². The minimum Gasteiger partial charge on any atom is -0.256 e. The molecule has 0 aliphatic heterocycles. The van der Waals surface area contributed by atoms with E-state index in [-0.39, 0.29) is 0 Å². The summed E-state index contributed by atoms with van der Waals surface area (Å²) >= 11 is 0. The molecule has 1 nitrogen and oxygen atoms in total. The van der Waals surface area contributed by atoms with E-state index in [1.807, 2.05) is 37.4 Å². The zero-order valence-corrected chi connectivity index (χ0v) is 7.57. The molecule has 0 aliphatic rings. The first-order valence-corrected chi connectivity index (χ1v) is 4.37. The number of allylic oxidation sites excluding steroid dienone is 1. The van der Waals surface area contributed by atoms with Crippen molar-refractivity contribution in [2.75, 3.05) is 0 Å². The van der Waals surface area contributed by atoms with Crippen LogP contribution in [0, 0.1) is 0 Å². The van der Waals surface area contributed by atoms with Crippen molar-refractivity contribution in [1.29, 1.82) is 0 Å². The van der Waals surface area contributed by atoms with Crippen molar-refractivity contribution in [3.8, 4) is 0 Å². The molecular weight excluding hydrogens is 158 g/mol. The van der Waals surface area contributed by atoms with Gasteiger partial charge >= 0.3 is 0 Å². The zero-order chi connectivity index (χ0) is 9.10. The molecule has 0 radical (unpaired) electrons. The highest BCUT2D eigenvalue weighted by Crippen LogP contribution is 2.13. The first-order chi connectivity index (χ1) is 6.40. The van der Waals surface area contributed by atoms with Crippen molar-refractivity contribution in [3.05, 3.63) is 48.3 Å². The number of rotatable bonds is 1. The maximum atomic E-state index is 4.31. The van der Waals surface area contributed by atoms with E-state index in [4.69, 9.17) is 0 Å². The van der Waals surface area contributed by atoms with Crippen LogP contribution >= 0.6 is 0 Å². The van der Waals surface area contributed by atoms with Gasteiger partial charge in [-0.2, -0.15) is 0 Å². The van der Waals surface area contributed by atoms with E-state index >= 15 is 0 Å². The molecule has 64 valence electrons. The highest BCUT2D eigenvalue weighted by Gasteiger charge is 1.92. The normalized spacial score (nSPS) is 11.2. The molecule has 0 bridgehead atoms. The first kappa shape index (κ1) is 7.99. The fourth-order valence-corrected chi connectivity index (χ4v) is 1.36. The third-order valence-electron chi connectivity index (χ3n) is 1.99. The summed E-state index contributed by atoms with van der Waals surface area (Å²) in [7, 11) is 0. The molecule has 0 spiro atoms. The predicted molar refractivity (Wildman–Crippen MR) is 56.5 cm³/mol. The van der Waals surface area contributed by atoms with Gasteiger partial charge in [-0.05, 0) is 24.5 Å². The van der Waals surface area contributed by atoms with E-state index in [2.05, 4.69) is 23.2 Å². The Balaban J connectivity index is 2.62. The summed E-state index contributed by atoms with van der Waals surface area (Å²) < 4.78 is 0. The molecule has 0 aliphatic carbocycles. The third kappa shape index (κ3) is 1.59. The molecule has 0 amide bonds. The molecule has 0 unspecified atom stereocenters. The Hall–Kier alpha value is -1.63. The number of pyridine rings is 1. The van der Waals surface area contributed by atoms with Gasteiger partial charge in [0.1, 0.15) is 0 Å². The Morgan fingerprint density at radius 2 is 1.92 bits per heavy atom. The second kappa shape index (κ2) is 3.40. The Kier molecular flexibility index (Phi) is 2.09. The lowest BCUT2D eigenvalue weighted by Crippen LogP contribution is -1.80. The molecule has 2 rings (SSSR count). The van der Waals surface area contributed by atoms with Crippen molar-refractivity contribution < 1.29 is 0 Å². The first-order valence-electron chi connectivity index (χ1n) is 4.37. The molecule has 0 fully saturated rings. The molecular formula is C12H11N. The van der Waals surface area contributed by atoms with Gasteiger partial charge in [-0.3, -0.25) is 4.98 Å². The summed E-state index contributed by atoms with van der Waals surface area (Å²) in [6, 6.07) is 10.3. The number of fused-ring (bicyclic) bond motifs is 1. The molecule has 1 heterocycles. The average Bonchev–Trinajstić information content (AvgIpc) is 2.18. The number of aromatic nitrogens is 1. The van der Waals surface area contributed by atoms with Crippen LogP contribution in [0.25, 0.3) is 16.8 Å². The van der Waals surface area contributed by atoms with Crippen LogP contribution in [0.2, 0.25) is 0 Å². The third-order valence-corrected chi connectivity index (χ3v) is 1.99. The van der Waals surface area contributed by atoms with Gasteiger partial charge in [0.05, 0.1) is 5.69 Å². The summed E-state index contributed by atoms with van der Waals surface area (Å²) in [5.41, 5.74) is 1.02. The van der Waals surface area contributed by atoms with Gasteiger partial charge in [0.15, 0.2) is 0 Å². The van der Waals surface area contributed by atoms with Crippen LogP contribution in [0.15, 0.2) is 42.6 Å². The molecule has 1 heteroatoms. The van der Waals surface area contributed by atoms with Crippen molar-refractivity contribution in [2.45, 2.75) is 6.92 Å². The molecule has 0 saturated heterocycles. The lowest BCUT2D eigenvalue weighted by molar-refractivity contribution is 1.32. The van der Waals surface area contributed by atoms with E-state index < -0.39 is 0 Å². The molecule has 1 aromatic heterocycles. The smallest absolute Gasteiger partial charge is 0.0632 e. The maximum absolute atomic E-state index is 4.31. The molecule has 0 saturated carbocycles. The number of nitrogens with zero attached hydrogens (tertiary/aromatic N) is 1.